The predicted octanol–water partition coefficient (Wildman–Crippen LogP) is 2.05. The Hall–Kier alpha value is -2.93. The van der Waals surface area contributed by atoms with Gasteiger partial charge in [-0.25, -0.2) is 13.5 Å². The summed E-state index contributed by atoms with van der Waals surface area (Å²) >= 11 is 0. The van der Waals surface area contributed by atoms with Crippen LogP contribution >= 0.6 is 0 Å². The van der Waals surface area contributed by atoms with Crippen molar-refractivity contribution in [3.63, 3.8) is 0 Å². The molecule has 0 spiro atoms. The van der Waals surface area contributed by atoms with E-state index in [1.54, 1.807) is 18.2 Å². The first-order valence-electron chi connectivity index (χ1n) is 8.81. The fourth-order valence-electron chi connectivity index (χ4n) is 2.54. The maximum Gasteiger partial charge on any atom is 0.273 e. The van der Waals surface area contributed by atoms with Crippen LogP contribution in [0.4, 0.5) is 8.78 Å². The average Bonchev–Trinajstić information content (AvgIpc) is 3.11. The zero-order valence-electron chi connectivity index (χ0n) is 15.8. The van der Waals surface area contributed by atoms with Crippen molar-refractivity contribution in [3.05, 3.63) is 41.7 Å². The fourth-order valence-corrected chi connectivity index (χ4v) is 2.54. The number of tetrazole rings is 1. The third-order valence-corrected chi connectivity index (χ3v) is 4.14. The normalized spacial score (nSPS) is 13.0. The standard InChI is InChI=1S/C18H23F2N7O/c1-17(2,22)16(28)23-14(15-24-25-26-27(15)12-6-11-21)9-10-18(19,20)13-7-4-3-5-8-13/h3-5,7-8,14H,6,9-10,12,22H2,1-2H3,(H,23,28)/t14-/m1/s1. The van der Waals surface area contributed by atoms with Crippen LogP contribution < -0.4 is 11.1 Å². The van der Waals surface area contributed by atoms with Gasteiger partial charge in [-0.3, -0.25) is 4.79 Å². The molecule has 0 fully saturated rings. The summed E-state index contributed by atoms with van der Waals surface area (Å²) in [5.41, 5.74) is 4.50. The summed E-state index contributed by atoms with van der Waals surface area (Å²) in [6, 6.07) is 8.55. The van der Waals surface area contributed by atoms with Crippen molar-refractivity contribution in [1.29, 1.82) is 5.26 Å². The molecule has 1 amide bonds. The minimum absolute atomic E-state index is 0.108. The topological polar surface area (TPSA) is 123 Å². The molecular formula is C18H23F2N7O. The number of aryl methyl sites for hydroxylation is 1. The van der Waals surface area contributed by atoms with Crippen LogP contribution in [-0.2, 0) is 17.3 Å². The van der Waals surface area contributed by atoms with Crippen molar-refractivity contribution >= 4 is 5.91 Å². The molecule has 150 valence electrons. The Morgan fingerprint density at radius 1 is 1.36 bits per heavy atom. The van der Waals surface area contributed by atoms with E-state index >= 15 is 0 Å². The Morgan fingerprint density at radius 2 is 2.04 bits per heavy atom. The number of hydrogen-bond donors (Lipinski definition) is 2. The largest absolute Gasteiger partial charge is 0.344 e. The van der Waals surface area contributed by atoms with Crippen LogP contribution in [0.3, 0.4) is 0 Å². The number of alkyl halides is 2. The molecule has 0 aliphatic rings. The van der Waals surface area contributed by atoms with Crippen LogP contribution in [0.1, 0.15) is 50.5 Å². The second-order valence-corrected chi connectivity index (χ2v) is 7.03. The summed E-state index contributed by atoms with van der Waals surface area (Å²) in [5, 5.41) is 22.6. The first-order chi connectivity index (χ1) is 13.1. The van der Waals surface area contributed by atoms with Crippen molar-refractivity contribution in [3.8, 4) is 6.07 Å². The number of nitriles is 1. The maximum absolute atomic E-state index is 14.6. The Balaban J connectivity index is 2.23. The lowest BCUT2D eigenvalue weighted by Crippen LogP contribution is -2.50. The Labute approximate surface area is 161 Å². The molecule has 3 N–H and O–H groups in total. The van der Waals surface area contributed by atoms with Gasteiger partial charge in [-0.2, -0.15) is 5.26 Å². The van der Waals surface area contributed by atoms with Crippen LogP contribution in [0.2, 0.25) is 0 Å². The molecule has 28 heavy (non-hydrogen) atoms. The zero-order chi connectivity index (χ0) is 20.8. The summed E-state index contributed by atoms with van der Waals surface area (Å²) in [7, 11) is 0. The first-order valence-corrected chi connectivity index (χ1v) is 8.81. The third-order valence-electron chi connectivity index (χ3n) is 4.14. The molecule has 0 aliphatic heterocycles. The number of amides is 1. The number of halogens is 2. The molecule has 0 unspecified atom stereocenters. The van der Waals surface area contributed by atoms with Crippen molar-refractivity contribution in [2.24, 2.45) is 5.73 Å². The van der Waals surface area contributed by atoms with Gasteiger partial charge >= 0.3 is 0 Å². The van der Waals surface area contributed by atoms with Gasteiger partial charge in [0.1, 0.15) is 0 Å². The van der Waals surface area contributed by atoms with Gasteiger partial charge in [0, 0.05) is 12.0 Å². The summed E-state index contributed by atoms with van der Waals surface area (Å²) in [6.45, 7) is 3.21. The van der Waals surface area contributed by atoms with E-state index in [9.17, 15) is 13.6 Å². The number of hydrogen-bond acceptors (Lipinski definition) is 6. The van der Waals surface area contributed by atoms with E-state index in [0.717, 1.165) is 0 Å². The Bertz CT molecular complexity index is 824. The van der Waals surface area contributed by atoms with Gasteiger partial charge < -0.3 is 11.1 Å². The van der Waals surface area contributed by atoms with E-state index in [4.69, 9.17) is 11.0 Å². The summed E-state index contributed by atoms with van der Waals surface area (Å²) in [5.74, 6) is -3.40. The van der Waals surface area contributed by atoms with E-state index < -0.39 is 29.8 Å². The Kier molecular flexibility index (Phi) is 6.75. The highest BCUT2D eigenvalue weighted by molar-refractivity contribution is 5.85. The molecule has 0 saturated heterocycles. The summed E-state index contributed by atoms with van der Waals surface area (Å²) < 4.78 is 30.5. The molecular weight excluding hydrogens is 368 g/mol. The van der Waals surface area contributed by atoms with Gasteiger partial charge in [0.2, 0.25) is 5.91 Å². The molecule has 1 atom stereocenters. The molecule has 0 saturated carbocycles. The molecule has 0 bridgehead atoms. The number of benzene rings is 1. The number of carbonyl (C=O) groups is 1. The van der Waals surface area contributed by atoms with E-state index in [0.29, 0.717) is 0 Å². The lowest BCUT2D eigenvalue weighted by molar-refractivity contribution is -0.126. The summed E-state index contributed by atoms with van der Waals surface area (Å²) in [4.78, 5) is 12.3. The van der Waals surface area contributed by atoms with E-state index in [1.165, 1.54) is 30.7 Å². The molecule has 1 aromatic heterocycles. The van der Waals surface area contributed by atoms with Gasteiger partial charge in [-0.05, 0) is 30.7 Å². The zero-order valence-corrected chi connectivity index (χ0v) is 15.8. The minimum atomic E-state index is -3.09. The minimum Gasteiger partial charge on any atom is -0.344 e. The third kappa shape index (κ3) is 5.53. The molecule has 1 aromatic carbocycles. The highest BCUT2D eigenvalue weighted by Crippen LogP contribution is 2.35. The van der Waals surface area contributed by atoms with Gasteiger partial charge in [-0.15, -0.1) is 5.10 Å². The number of aromatic nitrogens is 4. The van der Waals surface area contributed by atoms with Crippen molar-refractivity contribution in [2.75, 3.05) is 0 Å². The fraction of sp³-hybridized carbons (Fsp3) is 0.500. The van der Waals surface area contributed by atoms with Crippen LogP contribution in [0.25, 0.3) is 0 Å². The highest BCUT2D eigenvalue weighted by atomic mass is 19.3. The Morgan fingerprint density at radius 3 is 2.64 bits per heavy atom. The van der Waals surface area contributed by atoms with Crippen molar-refractivity contribution < 1.29 is 13.6 Å². The number of nitrogens with one attached hydrogen (secondary N) is 1. The molecule has 1 heterocycles. The summed E-state index contributed by atoms with van der Waals surface area (Å²) in [6.07, 6.45) is -0.504. The van der Waals surface area contributed by atoms with Crippen LogP contribution in [0, 0.1) is 11.3 Å². The maximum atomic E-state index is 14.6. The number of rotatable bonds is 9. The van der Waals surface area contributed by atoms with Crippen LogP contribution in [0.15, 0.2) is 30.3 Å². The number of nitrogens with zero attached hydrogens (tertiary/aromatic N) is 5. The van der Waals surface area contributed by atoms with Gasteiger partial charge in [0.25, 0.3) is 5.92 Å². The monoisotopic (exact) mass is 391 g/mol. The SMILES string of the molecule is CC(C)(N)C(=O)N[C@H](CCC(F)(F)c1ccccc1)c1nnnn1CCC#N. The number of carbonyl (C=O) groups excluding carboxylic acids is 1. The van der Waals surface area contributed by atoms with Gasteiger partial charge in [-0.1, -0.05) is 30.3 Å². The van der Waals surface area contributed by atoms with Gasteiger partial charge in [0.15, 0.2) is 5.82 Å². The van der Waals surface area contributed by atoms with E-state index in [1.807, 2.05) is 6.07 Å². The van der Waals surface area contributed by atoms with Crippen molar-refractivity contribution in [1.82, 2.24) is 25.5 Å². The van der Waals surface area contributed by atoms with Crippen molar-refractivity contribution in [2.45, 2.75) is 57.2 Å². The molecule has 2 aromatic rings. The average molecular weight is 391 g/mol. The van der Waals surface area contributed by atoms with Crippen LogP contribution in [-0.4, -0.2) is 31.7 Å². The molecule has 8 nitrogen and oxygen atoms in total. The van der Waals surface area contributed by atoms with Gasteiger partial charge in [0.05, 0.1) is 30.6 Å². The second kappa shape index (κ2) is 8.84. The molecule has 0 radical (unpaired) electrons. The second-order valence-electron chi connectivity index (χ2n) is 7.03. The predicted molar refractivity (Wildman–Crippen MR) is 96.8 cm³/mol. The van der Waals surface area contributed by atoms with E-state index in [2.05, 4.69) is 20.8 Å². The highest BCUT2D eigenvalue weighted by Gasteiger charge is 2.35. The quantitative estimate of drug-likeness (QED) is 0.674. The lowest BCUT2D eigenvalue weighted by atomic mass is 9.99. The molecule has 0 aliphatic carbocycles. The van der Waals surface area contributed by atoms with E-state index in [-0.39, 0.29) is 30.8 Å². The smallest absolute Gasteiger partial charge is 0.273 e. The molecule has 10 heteroatoms. The van der Waals surface area contributed by atoms with Crippen LogP contribution in [0.5, 0.6) is 0 Å². The number of nitrogens with two attached hydrogens (primary N) is 1. The first kappa shape index (κ1) is 21.4. The molecule has 2 rings (SSSR count). The lowest BCUT2D eigenvalue weighted by Gasteiger charge is -2.25.